The largest absolute Gasteiger partial charge is 0.465 e. The Labute approximate surface area is 124 Å². The van der Waals surface area contributed by atoms with Crippen LogP contribution in [0.1, 0.15) is 13.8 Å². The van der Waals surface area contributed by atoms with Crippen molar-refractivity contribution in [2.45, 2.75) is 25.9 Å². The molecule has 1 aromatic heterocycles. The van der Waals surface area contributed by atoms with E-state index in [1.165, 1.54) is 0 Å². The molecule has 0 aliphatic rings. The van der Waals surface area contributed by atoms with Gasteiger partial charge >= 0.3 is 5.97 Å². The quantitative estimate of drug-likeness (QED) is 0.827. The predicted molar refractivity (Wildman–Crippen MR) is 81.8 cm³/mol. The number of hydrogen-bond donors (Lipinski definition) is 1. The summed E-state index contributed by atoms with van der Waals surface area (Å²) in [6, 6.07) is 10.0. The van der Waals surface area contributed by atoms with E-state index < -0.39 is 5.54 Å². The van der Waals surface area contributed by atoms with Crippen LogP contribution in [0, 0.1) is 0 Å². The highest BCUT2D eigenvalue weighted by molar-refractivity contribution is 5.80. The minimum atomic E-state index is -0.796. The Morgan fingerprint density at radius 3 is 2.67 bits per heavy atom. The molecule has 1 aromatic carbocycles. The molecule has 2 rings (SSSR count). The Hall–Kier alpha value is -2.14. The number of aromatic nitrogens is 2. The third kappa shape index (κ3) is 3.49. The molecule has 0 aliphatic heterocycles. The highest BCUT2D eigenvalue weighted by Gasteiger charge is 2.33. The van der Waals surface area contributed by atoms with Gasteiger partial charge in [-0.15, -0.1) is 0 Å². The molecule has 21 heavy (non-hydrogen) atoms. The zero-order valence-corrected chi connectivity index (χ0v) is 12.7. The van der Waals surface area contributed by atoms with Crippen molar-refractivity contribution >= 4 is 5.97 Å². The van der Waals surface area contributed by atoms with Gasteiger partial charge in [-0.1, -0.05) is 30.3 Å². The van der Waals surface area contributed by atoms with Crippen molar-refractivity contribution in [2.24, 2.45) is 0 Å². The van der Waals surface area contributed by atoms with Crippen LogP contribution in [0.3, 0.4) is 0 Å². The minimum Gasteiger partial charge on any atom is -0.465 e. The maximum absolute atomic E-state index is 12.1. The van der Waals surface area contributed by atoms with Gasteiger partial charge in [0.25, 0.3) is 0 Å². The van der Waals surface area contributed by atoms with Gasteiger partial charge in [0.05, 0.1) is 19.3 Å². The zero-order chi connectivity index (χ0) is 15.3. The number of nitrogens with zero attached hydrogens (tertiary/aromatic N) is 2. The second kappa shape index (κ2) is 6.54. The molecule has 0 radical (unpaired) electrons. The molecule has 2 aromatic rings. The van der Waals surface area contributed by atoms with Crippen molar-refractivity contribution in [3.05, 3.63) is 42.7 Å². The molecule has 0 aliphatic carbocycles. The first-order valence-electron chi connectivity index (χ1n) is 7.03. The van der Waals surface area contributed by atoms with Crippen LogP contribution in [0.4, 0.5) is 0 Å². The van der Waals surface area contributed by atoms with Gasteiger partial charge in [0.2, 0.25) is 0 Å². The lowest BCUT2D eigenvalue weighted by Gasteiger charge is -2.26. The average Bonchev–Trinajstić information content (AvgIpc) is 2.96. The smallest absolute Gasteiger partial charge is 0.327 e. The van der Waals surface area contributed by atoms with Gasteiger partial charge < -0.3 is 10.1 Å². The lowest BCUT2D eigenvalue weighted by Crippen LogP contribution is -2.51. The van der Waals surface area contributed by atoms with Gasteiger partial charge in [-0.3, -0.25) is 4.68 Å². The number of nitrogens with one attached hydrogen (secondary N) is 1. The van der Waals surface area contributed by atoms with Crippen LogP contribution in [-0.4, -0.2) is 34.9 Å². The Balaban J connectivity index is 2.16. The maximum Gasteiger partial charge on any atom is 0.327 e. The lowest BCUT2D eigenvalue weighted by atomic mass is 10.0. The number of carbonyl (C=O) groups excluding carboxylic acids is 1. The predicted octanol–water partition coefficient (Wildman–Crippen LogP) is 2.09. The van der Waals surface area contributed by atoms with E-state index in [-0.39, 0.29) is 5.97 Å². The van der Waals surface area contributed by atoms with Gasteiger partial charge in [-0.05, 0) is 26.5 Å². The summed E-state index contributed by atoms with van der Waals surface area (Å²) in [6.07, 6.45) is 3.74. The Kier molecular flexibility index (Phi) is 4.75. The molecular weight excluding hydrogens is 266 g/mol. The Morgan fingerprint density at radius 2 is 2.05 bits per heavy atom. The van der Waals surface area contributed by atoms with Crippen LogP contribution in [0.25, 0.3) is 11.1 Å². The molecule has 1 atom stereocenters. The molecule has 0 bridgehead atoms. The standard InChI is InChI=1S/C16H21N3O2/c1-4-21-15(20)16(2,17-3)12-19-11-14(10-18-19)13-8-6-5-7-9-13/h5-11,17H,4,12H2,1-3H3. The Morgan fingerprint density at radius 1 is 1.33 bits per heavy atom. The second-order valence-electron chi connectivity index (χ2n) is 5.10. The van der Waals surface area contributed by atoms with Gasteiger partial charge in [-0.2, -0.15) is 5.10 Å². The molecule has 0 fully saturated rings. The van der Waals surface area contributed by atoms with Crippen LogP contribution in [0.15, 0.2) is 42.7 Å². The number of benzene rings is 1. The van der Waals surface area contributed by atoms with Gasteiger partial charge in [-0.25, -0.2) is 4.79 Å². The van der Waals surface area contributed by atoms with E-state index in [4.69, 9.17) is 4.74 Å². The lowest BCUT2D eigenvalue weighted by molar-refractivity contribution is -0.151. The number of carbonyl (C=O) groups is 1. The first-order valence-corrected chi connectivity index (χ1v) is 7.03. The molecule has 1 unspecified atom stereocenters. The van der Waals surface area contributed by atoms with E-state index in [1.807, 2.05) is 43.5 Å². The molecule has 5 heteroatoms. The van der Waals surface area contributed by atoms with Crippen LogP contribution < -0.4 is 5.32 Å². The number of likely N-dealkylation sites (N-methyl/N-ethyl adjacent to an activating group) is 1. The highest BCUT2D eigenvalue weighted by Crippen LogP contribution is 2.19. The topological polar surface area (TPSA) is 56.2 Å². The minimum absolute atomic E-state index is 0.274. The molecule has 0 spiro atoms. The van der Waals surface area contributed by atoms with Crippen molar-refractivity contribution in [3.8, 4) is 11.1 Å². The molecule has 0 amide bonds. The normalized spacial score (nSPS) is 13.7. The van der Waals surface area contributed by atoms with Crippen LogP contribution in [0.5, 0.6) is 0 Å². The van der Waals surface area contributed by atoms with E-state index in [0.29, 0.717) is 13.2 Å². The molecule has 1 heterocycles. The molecule has 0 saturated heterocycles. The van der Waals surface area contributed by atoms with Crippen molar-refractivity contribution in [3.63, 3.8) is 0 Å². The summed E-state index contributed by atoms with van der Waals surface area (Å²) in [4.78, 5) is 12.1. The maximum atomic E-state index is 12.1. The number of rotatable bonds is 6. The van der Waals surface area contributed by atoms with E-state index in [1.54, 1.807) is 24.9 Å². The summed E-state index contributed by atoms with van der Waals surface area (Å²) in [5, 5.41) is 7.36. The average molecular weight is 287 g/mol. The number of ether oxygens (including phenoxy) is 1. The van der Waals surface area contributed by atoms with E-state index in [0.717, 1.165) is 11.1 Å². The monoisotopic (exact) mass is 287 g/mol. The summed E-state index contributed by atoms with van der Waals surface area (Å²) >= 11 is 0. The first-order chi connectivity index (χ1) is 10.1. The van der Waals surface area contributed by atoms with Crippen molar-refractivity contribution < 1.29 is 9.53 Å². The second-order valence-corrected chi connectivity index (χ2v) is 5.10. The van der Waals surface area contributed by atoms with Crippen LogP contribution in [-0.2, 0) is 16.1 Å². The van der Waals surface area contributed by atoms with E-state index >= 15 is 0 Å². The molecule has 1 N–H and O–H groups in total. The molecule has 5 nitrogen and oxygen atoms in total. The number of hydrogen-bond acceptors (Lipinski definition) is 4. The first kappa shape index (κ1) is 15.3. The van der Waals surface area contributed by atoms with Crippen molar-refractivity contribution in [1.29, 1.82) is 0 Å². The zero-order valence-electron chi connectivity index (χ0n) is 12.7. The third-order valence-electron chi connectivity index (χ3n) is 3.50. The fraction of sp³-hybridized carbons (Fsp3) is 0.375. The van der Waals surface area contributed by atoms with Crippen molar-refractivity contribution in [2.75, 3.05) is 13.7 Å². The number of esters is 1. The van der Waals surface area contributed by atoms with E-state index in [9.17, 15) is 4.79 Å². The van der Waals surface area contributed by atoms with E-state index in [2.05, 4.69) is 10.4 Å². The summed E-state index contributed by atoms with van der Waals surface area (Å²) in [5.41, 5.74) is 1.33. The SMILES string of the molecule is CCOC(=O)C(C)(Cn1cc(-c2ccccc2)cn1)NC. The molecule has 112 valence electrons. The molecular formula is C16H21N3O2. The van der Waals surface area contributed by atoms with Gasteiger partial charge in [0.1, 0.15) is 5.54 Å². The van der Waals surface area contributed by atoms with Crippen LogP contribution >= 0.6 is 0 Å². The fourth-order valence-corrected chi connectivity index (χ4v) is 2.09. The van der Waals surface area contributed by atoms with Gasteiger partial charge in [0, 0.05) is 11.8 Å². The Bertz CT molecular complexity index is 595. The fourth-order valence-electron chi connectivity index (χ4n) is 2.09. The third-order valence-corrected chi connectivity index (χ3v) is 3.50. The van der Waals surface area contributed by atoms with Crippen molar-refractivity contribution in [1.82, 2.24) is 15.1 Å². The summed E-state index contributed by atoms with van der Waals surface area (Å²) in [5.74, 6) is -0.274. The van der Waals surface area contributed by atoms with Crippen LogP contribution in [0.2, 0.25) is 0 Å². The van der Waals surface area contributed by atoms with Gasteiger partial charge in [0.15, 0.2) is 0 Å². The molecule has 0 saturated carbocycles. The summed E-state index contributed by atoms with van der Waals surface area (Å²) in [7, 11) is 1.75. The summed E-state index contributed by atoms with van der Waals surface area (Å²) in [6.45, 7) is 4.39. The highest BCUT2D eigenvalue weighted by atomic mass is 16.5. The summed E-state index contributed by atoms with van der Waals surface area (Å²) < 4.78 is 6.88.